The molecule has 0 amide bonds. The van der Waals surface area contributed by atoms with Gasteiger partial charge in [0.05, 0.1) is 0 Å². The van der Waals surface area contributed by atoms with E-state index in [1.807, 2.05) is 12.4 Å². The van der Waals surface area contributed by atoms with Crippen LogP contribution in [0.25, 0.3) is 10.8 Å². The number of pyridine rings is 1. The van der Waals surface area contributed by atoms with Gasteiger partial charge in [-0.1, -0.05) is 24.3 Å². The molecule has 112 valence electrons. The van der Waals surface area contributed by atoms with Gasteiger partial charge in [-0.05, 0) is 55.6 Å². The summed E-state index contributed by atoms with van der Waals surface area (Å²) in [6.45, 7) is 3.85. The third kappa shape index (κ3) is 3.60. The highest BCUT2D eigenvalue weighted by Crippen LogP contribution is 2.21. The largest absolute Gasteiger partial charge is 0.396 e. The lowest BCUT2D eigenvalue weighted by Gasteiger charge is -2.16. The molecule has 1 aliphatic heterocycles. The maximum Gasteiger partial charge on any atom is 0.0434 e. The van der Waals surface area contributed by atoms with E-state index < -0.39 is 0 Å². The highest BCUT2D eigenvalue weighted by Gasteiger charge is 2.21. The first-order valence-corrected chi connectivity index (χ1v) is 8.01. The third-order valence-corrected chi connectivity index (χ3v) is 4.58. The van der Waals surface area contributed by atoms with Crippen LogP contribution in [0.2, 0.25) is 0 Å². The zero-order valence-electron chi connectivity index (χ0n) is 12.5. The van der Waals surface area contributed by atoms with Crippen molar-refractivity contribution in [3.05, 3.63) is 42.2 Å². The van der Waals surface area contributed by atoms with E-state index in [1.165, 1.54) is 35.7 Å². The Morgan fingerprint density at radius 3 is 3.05 bits per heavy atom. The Labute approximate surface area is 126 Å². The van der Waals surface area contributed by atoms with Crippen molar-refractivity contribution in [1.29, 1.82) is 0 Å². The van der Waals surface area contributed by atoms with Crippen LogP contribution in [0.3, 0.4) is 0 Å². The van der Waals surface area contributed by atoms with Crippen molar-refractivity contribution in [1.82, 2.24) is 9.88 Å². The van der Waals surface area contributed by atoms with E-state index in [4.69, 9.17) is 5.11 Å². The Balaban J connectivity index is 1.53. The fourth-order valence-electron chi connectivity index (χ4n) is 3.41. The quantitative estimate of drug-likeness (QED) is 0.886. The molecule has 0 unspecified atom stereocenters. The fraction of sp³-hybridized carbons (Fsp3) is 0.500. The van der Waals surface area contributed by atoms with Gasteiger partial charge in [0.15, 0.2) is 0 Å². The van der Waals surface area contributed by atoms with Crippen molar-refractivity contribution in [3.63, 3.8) is 0 Å². The second kappa shape index (κ2) is 7.01. The number of hydrogen-bond donors (Lipinski definition) is 1. The van der Waals surface area contributed by atoms with Crippen molar-refractivity contribution in [3.8, 4) is 0 Å². The number of hydrogen-bond acceptors (Lipinski definition) is 3. The second-order valence-corrected chi connectivity index (χ2v) is 6.09. The minimum atomic E-state index is 0.334. The lowest BCUT2D eigenvalue weighted by molar-refractivity contribution is 0.250. The molecule has 1 aromatic heterocycles. The highest BCUT2D eigenvalue weighted by atomic mass is 16.3. The molecule has 3 nitrogen and oxygen atoms in total. The lowest BCUT2D eigenvalue weighted by Crippen LogP contribution is -2.22. The Morgan fingerprint density at radius 2 is 2.14 bits per heavy atom. The van der Waals surface area contributed by atoms with Crippen LogP contribution in [-0.4, -0.2) is 41.2 Å². The second-order valence-electron chi connectivity index (χ2n) is 6.09. The monoisotopic (exact) mass is 284 g/mol. The number of nitrogens with zero attached hydrogens (tertiary/aromatic N) is 2. The molecule has 1 saturated heterocycles. The molecular formula is C18H24N2O. The summed E-state index contributed by atoms with van der Waals surface area (Å²) in [5, 5.41) is 11.6. The molecule has 3 heteroatoms. The van der Waals surface area contributed by atoms with Gasteiger partial charge >= 0.3 is 0 Å². The summed E-state index contributed by atoms with van der Waals surface area (Å²) in [7, 11) is 0. The van der Waals surface area contributed by atoms with Gasteiger partial charge in [0.25, 0.3) is 0 Å². The van der Waals surface area contributed by atoms with E-state index in [2.05, 4.69) is 34.1 Å². The SMILES string of the molecule is OCC[C@@H]1CCN(CCCc2cncc3ccccc23)C1. The van der Waals surface area contributed by atoms with Gasteiger partial charge in [-0.15, -0.1) is 0 Å². The summed E-state index contributed by atoms with van der Waals surface area (Å²) in [6, 6.07) is 8.50. The van der Waals surface area contributed by atoms with E-state index in [0.29, 0.717) is 12.5 Å². The number of aliphatic hydroxyl groups is 1. The Bertz CT molecular complexity index is 579. The van der Waals surface area contributed by atoms with Crippen LogP contribution in [0.1, 0.15) is 24.8 Å². The van der Waals surface area contributed by atoms with Crippen molar-refractivity contribution >= 4 is 10.8 Å². The molecule has 2 aromatic rings. The number of aryl methyl sites for hydroxylation is 1. The van der Waals surface area contributed by atoms with Gasteiger partial charge in [0.1, 0.15) is 0 Å². The van der Waals surface area contributed by atoms with Crippen LogP contribution in [0.15, 0.2) is 36.7 Å². The van der Waals surface area contributed by atoms with Crippen molar-refractivity contribution in [2.45, 2.75) is 25.7 Å². The normalized spacial score (nSPS) is 19.4. The predicted molar refractivity (Wildman–Crippen MR) is 86.3 cm³/mol. The Hall–Kier alpha value is -1.45. The molecule has 1 aromatic carbocycles. The number of aromatic nitrogens is 1. The number of rotatable bonds is 6. The molecular weight excluding hydrogens is 260 g/mol. The van der Waals surface area contributed by atoms with Gasteiger partial charge in [0.2, 0.25) is 0 Å². The summed E-state index contributed by atoms with van der Waals surface area (Å²) in [5.74, 6) is 0.703. The van der Waals surface area contributed by atoms with Crippen molar-refractivity contribution < 1.29 is 5.11 Å². The minimum Gasteiger partial charge on any atom is -0.396 e. The summed E-state index contributed by atoms with van der Waals surface area (Å²) in [4.78, 5) is 6.90. The van der Waals surface area contributed by atoms with E-state index in [9.17, 15) is 0 Å². The van der Waals surface area contributed by atoms with Crippen LogP contribution in [0, 0.1) is 5.92 Å². The maximum atomic E-state index is 9.01. The van der Waals surface area contributed by atoms with Gasteiger partial charge in [0, 0.05) is 30.9 Å². The summed E-state index contributed by atoms with van der Waals surface area (Å²) < 4.78 is 0. The number of benzene rings is 1. The molecule has 1 fully saturated rings. The third-order valence-electron chi connectivity index (χ3n) is 4.58. The number of fused-ring (bicyclic) bond motifs is 1. The Kier molecular flexibility index (Phi) is 4.84. The topological polar surface area (TPSA) is 36.4 Å². The molecule has 0 saturated carbocycles. The molecule has 1 atom stereocenters. The fourth-order valence-corrected chi connectivity index (χ4v) is 3.41. The van der Waals surface area contributed by atoms with Crippen LogP contribution in [0.4, 0.5) is 0 Å². The molecule has 21 heavy (non-hydrogen) atoms. The van der Waals surface area contributed by atoms with E-state index in [0.717, 1.165) is 25.9 Å². The van der Waals surface area contributed by atoms with E-state index >= 15 is 0 Å². The molecule has 0 spiro atoms. The van der Waals surface area contributed by atoms with Crippen LogP contribution in [0.5, 0.6) is 0 Å². The molecule has 1 N–H and O–H groups in total. The van der Waals surface area contributed by atoms with Crippen molar-refractivity contribution in [2.75, 3.05) is 26.2 Å². The van der Waals surface area contributed by atoms with Crippen LogP contribution >= 0.6 is 0 Å². The van der Waals surface area contributed by atoms with Gasteiger partial charge < -0.3 is 10.0 Å². The standard InChI is InChI=1S/C18H24N2O/c21-11-8-15-7-10-20(14-15)9-3-5-17-13-19-12-16-4-1-2-6-18(16)17/h1-2,4,6,12-13,15,21H,3,5,7-11,14H2/t15-/m0/s1. The first-order valence-electron chi connectivity index (χ1n) is 8.01. The molecule has 2 heterocycles. The molecule has 0 aliphatic carbocycles. The Morgan fingerprint density at radius 1 is 1.24 bits per heavy atom. The highest BCUT2D eigenvalue weighted by molar-refractivity contribution is 5.84. The zero-order valence-corrected chi connectivity index (χ0v) is 12.5. The maximum absolute atomic E-state index is 9.01. The van der Waals surface area contributed by atoms with Gasteiger partial charge in [-0.25, -0.2) is 0 Å². The molecule has 0 bridgehead atoms. The lowest BCUT2D eigenvalue weighted by atomic mass is 10.0. The average Bonchev–Trinajstić information content (AvgIpc) is 2.96. The summed E-state index contributed by atoms with van der Waals surface area (Å²) in [5.41, 5.74) is 1.36. The molecule has 1 aliphatic rings. The zero-order chi connectivity index (χ0) is 14.5. The van der Waals surface area contributed by atoms with Crippen LogP contribution < -0.4 is 0 Å². The smallest absolute Gasteiger partial charge is 0.0434 e. The molecule has 0 radical (unpaired) electrons. The van der Waals surface area contributed by atoms with Crippen molar-refractivity contribution in [2.24, 2.45) is 5.92 Å². The number of aliphatic hydroxyl groups excluding tert-OH is 1. The average molecular weight is 284 g/mol. The van der Waals surface area contributed by atoms with Gasteiger partial charge in [-0.2, -0.15) is 0 Å². The van der Waals surface area contributed by atoms with E-state index in [-0.39, 0.29) is 0 Å². The van der Waals surface area contributed by atoms with Crippen LogP contribution in [-0.2, 0) is 6.42 Å². The van der Waals surface area contributed by atoms with E-state index in [1.54, 1.807) is 0 Å². The van der Waals surface area contributed by atoms with Gasteiger partial charge in [-0.3, -0.25) is 4.98 Å². The first-order chi connectivity index (χ1) is 10.4. The first kappa shape index (κ1) is 14.5. The number of likely N-dealkylation sites (tertiary alicyclic amines) is 1. The summed E-state index contributed by atoms with van der Waals surface area (Å²) in [6.07, 6.45) is 8.44. The summed E-state index contributed by atoms with van der Waals surface area (Å²) >= 11 is 0. The predicted octanol–water partition coefficient (Wildman–Crippen LogP) is 2.87. The minimum absolute atomic E-state index is 0.334. The molecule has 3 rings (SSSR count).